The van der Waals surface area contributed by atoms with Gasteiger partial charge in [0.1, 0.15) is 0 Å². The van der Waals surface area contributed by atoms with Crippen LogP contribution in [0.4, 0.5) is 21.0 Å². The van der Waals surface area contributed by atoms with E-state index < -0.39 is 18.0 Å². The lowest BCUT2D eigenvalue weighted by Gasteiger charge is -2.37. The monoisotopic (exact) mass is 540 g/mol. The van der Waals surface area contributed by atoms with Crippen LogP contribution in [-0.2, 0) is 9.53 Å². The molecular weight excluding hydrogens is 504 g/mol. The maximum atomic E-state index is 13.5. The molecule has 0 aliphatic carbocycles. The summed E-state index contributed by atoms with van der Waals surface area (Å²) in [5.41, 5.74) is 5.59. The summed E-state index contributed by atoms with van der Waals surface area (Å²) in [5.74, 6) is -0.501. The van der Waals surface area contributed by atoms with Crippen LogP contribution in [0, 0.1) is 13.8 Å². The van der Waals surface area contributed by atoms with Crippen molar-refractivity contribution in [2.75, 3.05) is 23.8 Å². The molecule has 4 rings (SSSR count). The summed E-state index contributed by atoms with van der Waals surface area (Å²) in [6.45, 7) is 8.40. The van der Waals surface area contributed by atoms with E-state index in [1.807, 2.05) is 68.4 Å². The highest BCUT2D eigenvalue weighted by atomic mass is 16.5. The van der Waals surface area contributed by atoms with E-state index >= 15 is 0 Å². The average Bonchev–Trinajstić information content (AvgIpc) is 2.95. The van der Waals surface area contributed by atoms with Gasteiger partial charge in [0.25, 0.3) is 0 Å². The number of nitrogens with one attached hydrogen (secondary N) is 3. The number of anilines is 2. The summed E-state index contributed by atoms with van der Waals surface area (Å²) in [4.78, 5) is 41.4. The van der Waals surface area contributed by atoms with Gasteiger partial charge in [-0.25, -0.2) is 14.4 Å². The van der Waals surface area contributed by atoms with Gasteiger partial charge in [0.05, 0.1) is 23.9 Å². The molecule has 1 atom stereocenters. The molecule has 0 bridgehead atoms. The first-order valence-corrected chi connectivity index (χ1v) is 13.6. The van der Waals surface area contributed by atoms with Crippen molar-refractivity contribution >= 4 is 35.1 Å². The number of hydrogen-bond acceptors (Lipinski definition) is 4. The smallest absolute Gasteiger partial charge is 0.338 e. The average molecular weight is 541 g/mol. The molecule has 1 aliphatic rings. The molecular formula is C32H36N4O4. The van der Waals surface area contributed by atoms with E-state index in [2.05, 4.69) is 22.9 Å². The second kappa shape index (κ2) is 13.0. The third-order valence-electron chi connectivity index (χ3n) is 6.94. The van der Waals surface area contributed by atoms with Crippen molar-refractivity contribution < 1.29 is 19.1 Å². The number of unbranched alkanes of at least 4 members (excludes halogenated alkanes) is 1. The third kappa shape index (κ3) is 6.34. The van der Waals surface area contributed by atoms with Crippen molar-refractivity contribution in [1.29, 1.82) is 0 Å². The summed E-state index contributed by atoms with van der Waals surface area (Å²) in [5, 5.41) is 8.78. The van der Waals surface area contributed by atoms with Gasteiger partial charge in [0.2, 0.25) is 0 Å². The zero-order chi connectivity index (χ0) is 28.6. The molecule has 8 nitrogen and oxygen atoms in total. The number of aryl methyl sites for hydroxylation is 1. The van der Waals surface area contributed by atoms with E-state index in [4.69, 9.17) is 4.74 Å². The van der Waals surface area contributed by atoms with Crippen LogP contribution < -0.4 is 16.0 Å². The molecule has 0 spiro atoms. The number of benzene rings is 3. The lowest BCUT2D eigenvalue weighted by molar-refractivity contribution is -0.138. The Bertz CT molecular complexity index is 1420. The van der Waals surface area contributed by atoms with E-state index in [1.54, 1.807) is 30.0 Å². The molecule has 3 N–H and O–H groups in total. The van der Waals surface area contributed by atoms with Gasteiger partial charge in [0.15, 0.2) is 0 Å². The van der Waals surface area contributed by atoms with Crippen molar-refractivity contribution in [2.24, 2.45) is 0 Å². The number of carbonyl (C=O) groups is 3. The molecule has 0 saturated heterocycles. The SMILES string of the molecule is CCCCN1C(=O)NC(c2cccc(NC(=O)Nc3cccc(C)c3C)c2)C(C(=O)OCC)=C1c1ccccc1. The first kappa shape index (κ1) is 28.4. The minimum Gasteiger partial charge on any atom is -0.463 e. The molecule has 1 unspecified atom stereocenters. The van der Waals surface area contributed by atoms with Gasteiger partial charge in [-0.3, -0.25) is 4.90 Å². The van der Waals surface area contributed by atoms with Gasteiger partial charge in [-0.2, -0.15) is 0 Å². The fraction of sp³-hybridized carbons (Fsp3) is 0.281. The molecule has 0 fully saturated rings. The standard InChI is InChI=1S/C32H36N4O4/c1-5-7-19-36-29(23-14-9-8-10-15-23)27(30(37)40-6-2)28(35-32(36)39)24-16-12-17-25(20-24)33-31(38)34-26-18-11-13-21(3)22(26)4/h8-18,20,28H,5-7,19H2,1-4H3,(H,35,39)(H2,33,34,38). The molecule has 1 aliphatic heterocycles. The Labute approximate surface area is 235 Å². The third-order valence-corrected chi connectivity index (χ3v) is 6.94. The Morgan fingerprint density at radius 1 is 0.950 bits per heavy atom. The van der Waals surface area contributed by atoms with E-state index in [9.17, 15) is 14.4 Å². The van der Waals surface area contributed by atoms with E-state index in [0.717, 1.165) is 35.2 Å². The van der Waals surface area contributed by atoms with Gasteiger partial charge < -0.3 is 20.7 Å². The summed E-state index contributed by atoms with van der Waals surface area (Å²) >= 11 is 0. The minimum absolute atomic E-state index is 0.195. The molecule has 8 heteroatoms. The Morgan fingerprint density at radius 3 is 2.42 bits per heavy atom. The van der Waals surface area contributed by atoms with Gasteiger partial charge in [0, 0.05) is 17.9 Å². The maximum absolute atomic E-state index is 13.5. The van der Waals surface area contributed by atoms with E-state index in [1.165, 1.54) is 0 Å². The summed E-state index contributed by atoms with van der Waals surface area (Å²) in [7, 11) is 0. The van der Waals surface area contributed by atoms with Crippen molar-refractivity contribution in [3.8, 4) is 0 Å². The molecule has 0 radical (unpaired) electrons. The first-order chi connectivity index (χ1) is 19.3. The normalized spacial score (nSPS) is 14.9. The van der Waals surface area contributed by atoms with Gasteiger partial charge in [-0.05, 0) is 67.6 Å². The van der Waals surface area contributed by atoms with Crippen LogP contribution in [-0.4, -0.2) is 36.1 Å². The number of urea groups is 2. The Balaban J connectivity index is 1.72. The predicted octanol–water partition coefficient (Wildman–Crippen LogP) is 6.79. The fourth-order valence-electron chi connectivity index (χ4n) is 4.73. The number of amides is 4. The molecule has 3 aromatic rings. The second-order valence-corrected chi connectivity index (χ2v) is 9.69. The largest absolute Gasteiger partial charge is 0.463 e. The van der Waals surface area contributed by atoms with E-state index in [0.29, 0.717) is 29.1 Å². The molecule has 0 aromatic heterocycles. The summed E-state index contributed by atoms with van der Waals surface area (Å²) < 4.78 is 5.50. The highest BCUT2D eigenvalue weighted by Gasteiger charge is 2.38. The van der Waals surface area contributed by atoms with Gasteiger partial charge in [-0.1, -0.05) is 67.9 Å². The number of nitrogens with zero attached hydrogens (tertiary/aromatic N) is 1. The number of ether oxygens (including phenoxy) is 1. The van der Waals surface area contributed by atoms with Crippen molar-refractivity contribution in [2.45, 2.75) is 46.6 Å². The summed E-state index contributed by atoms with van der Waals surface area (Å²) in [6.07, 6.45) is 1.67. The number of hydrogen-bond donors (Lipinski definition) is 3. The number of rotatable bonds is 9. The summed E-state index contributed by atoms with van der Waals surface area (Å²) in [6, 6.07) is 20.8. The van der Waals surface area contributed by atoms with Gasteiger partial charge in [-0.15, -0.1) is 0 Å². The lowest BCUT2D eigenvalue weighted by atomic mass is 9.91. The van der Waals surface area contributed by atoms with Crippen LogP contribution in [0.5, 0.6) is 0 Å². The quantitative estimate of drug-likeness (QED) is 0.260. The lowest BCUT2D eigenvalue weighted by Crippen LogP contribution is -2.48. The van der Waals surface area contributed by atoms with Gasteiger partial charge >= 0.3 is 18.0 Å². The molecule has 3 aromatic carbocycles. The Morgan fingerprint density at radius 2 is 1.70 bits per heavy atom. The Hall–Kier alpha value is -4.59. The fourth-order valence-corrected chi connectivity index (χ4v) is 4.73. The molecule has 1 heterocycles. The first-order valence-electron chi connectivity index (χ1n) is 13.6. The van der Waals surface area contributed by atoms with Crippen LogP contribution in [0.3, 0.4) is 0 Å². The van der Waals surface area contributed by atoms with Crippen LogP contribution in [0.25, 0.3) is 5.70 Å². The highest BCUT2D eigenvalue weighted by molar-refractivity contribution is 6.05. The van der Waals surface area contributed by atoms with Crippen molar-refractivity contribution in [3.63, 3.8) is 0 Å². The zero-order valence-corrected chi connectivity index (χ0v) is 23.4. The molecule has 0 saturated carbocycles. The van der Waals surface area contributed by atoms with E-state index in [-0.39, 0.29) is 12.6 Å². The zero-order valence-electron chi connectivity index (χ0n) is 23.4. The van der Waals surface area contributed by atoms with Crippen molar-refractivity contribution in [3.05, 3.63) is 101 Å². The maximum Gasteiger partial charge on any atom is 0.338 e. The van der Waals surface area contributed by atoms with Crippen LogP contribution in [0.15, 0.2) is 78.4 Å². The minimum atomic E-state index is -0.775. The molecule has 208 valence electrons. The van der Waals surface area contributed by atoms with Crippen LogP contribution in [0.2, 0.25) is 0 Å². The molecule has 4 amide bonds. The highest BCUT2D eigenvalue weighted by Crippen LogP contribution is 2.37. The molecule has 40 heavy (non-hydrogen) atoms. The number of carbonyl (C=O) groups excluding carboxylic acids is 3. The van der Waals surface area contributed by atoms with Crippen LogP contribution >= 0.6 is 0 Å². The topological polar surface area (TPSA) is 99.8 Å². The van der Waals surface area contributed by atoms with Crippen molar-refractivity contribution in [1.82, 2.24) is 10.2 Å². The second-order valence-electron chi connectivity index (χ2n) is 9.69. The predicted molar refractivity (Wildman–Crippen MR) is 158 cm³/mol. The Kier molecular flexibility index (Phi) is 9.22. The number of esters is 1. The van der Waals surface area contributed by atoms with Crippen LogP contribution in [0.1, 0.15) is 55.0 Å².